The van der Waals surface area contributed by atoms with Crippen LogP contribution in [0.4, 0.5) is 0 Å². The zero-order valence-corrected chi connectivity index (χ0v) is 18.5. The van der Waals surface area contributed by atoms with Crippen LogP contribution in [0.25, 0.3) is 0 Å². The molecule has 0 aliphatic rings. The summed E-state index contributed by atoms with van der Waals surface area (Å²) in [6.45, 7) is 0.896. The first-order valence-electron chi connectivity index (χ1n) is 9.11. The van der Waals surface area contributed by atoms with E-state index >= 15 is 0 Å². The van der Waals surface area contributed by atoms with E-state index in [1.807, 2.05) is 0 Å². The molecule has 0 N–H and O–H groups in total. The van der Waals surface area contributed by atoms with Gasteiger partial charge in [0.05, 0.1) is 0 Å². The van der Waals surface area contributed by atoms with Gasteiger partial charge in [-0.25, -0.2) is 0 Å². The molecule has 0 radical (unpaired) electrons. The first-order valence-corrected chi connectivity index (χ1v) is 14.8. The van der Waals surface area contributed by atoms with E-state index in [0.717, 1.165) is 0 Å². The Morgan fingerprint density at radius 3 is 1.56 bits per heavy atom. The van der Waals surface area contributed by atoms with Gasteiger partial charge in [-0.2, -0.15) is 0 Å². The van der Waals surface area contributed by atoms with Gasteiger partial charge in [-0.05, 0) is 0 Å². The minimum absolute atomic E-state index is 0.312. The summed E-state index contributed by atoms with van der Waals surface area (Å²) in [7, 11) is 1.63. The Kier molecular flexibility index (Phi) is 7.53. The zero-order chi connectivity index (χ0) is 18.8. The van der Waals surface area contributed by atoms with Gasteiger partial charge < -0.3 is 0 Å². The molecule has 3 rings (SSSR count). The fourth-order valence-electron chi connectivity index (χ4n) is 3.24. The van der Waals surface area contributed by atoms with Crippen LogP contribution < -0.4 is 10.7 Å². The maximum atomic E-state index is 5.41. The zero-order valence-electron chi connectivity index (χ0n) is 15.6. The molecule has 2 nitrogen and oxygen atoms in total. The Bertz CT molecular complexity index is 771. The van der Waals surface area contributed by atoms with Crippen LogP contribution >= 0.6 is 0 Å². The third-order valence-electron chi connectivity index (χ3n) is 4.47. The normalized spacial score (nSPS) is 10.9. The average molecular weight is 463 g/mol. The van der Waals surface area contributed by atoms with Crippen LogP contribution in [-0.4, -0.2) is 38.9 Å². The predicted molar refractivity (Wildman–Crippen MR) is 114 cm³/mol. The van der Waals surface area contributed by atoms with Crippen molar-refractivity contribution in [2.75, 3.05) is 20.5 Å². The van der Waals surface area contributed by atoms with Crippen LogP contribution in [0.1, 0.15) is 6.42 Å². The molecule has 3 aromatic rings. The number of rotatable bonds is 7. The molecule has 3 aromatic carbocycles. The molecule has 0 atom stereocenters. The van der Waals surface area contributed by atoms with Crippen molar-refractivity contribution in [1.82, 2.24) is 0 Å². The van der Waals surface area contributed by atoms with Crippen LogP contribution in [0.5, 0.6) is 0 Å². The fraction of sp³-hybridized carbons (Fsp3) is 0.167. The minimum atomic E-state index is -3.42. The van der Waals surface area contributed by atoms with Crippen molar-refractivity contribution in [2.45, 2.75) is 6.42 Å². The molecule has 0 saturated carbocycles. The van der Waals surface area contributed by atoms with Gasteiger partial charge in [-0.15, -0.1) is 0 Å². The van der Waals surface area contributed by atoms with Gasteiger partial charge in [0, 0.05) is 0 Å². The molecule has 136 valence electrons. The Morgan fingerprint density at radius 2 is 1.15 bits per heavy atom. The SMILES string of the molecule is COCOCCC#[C][Sn]([c]1ccccc1)([c]1ccccc1)[c]1ccccc1. The van der Waals surface area contributed by atoms with Crippen molar-refractivity contribution in [2.24, 2.45) is 0 Å². The number of hydrogen-bond acceptors (Lipinski definition) is 2. The van der Waals surface area contributed by atoms with Gasteiger partial charge in [0.15, 0.2) is 0 Å². The molecule has 0 aromatic heterocycles. The van der Waals surface area contributed by atoms with Crippen molar-refractivity contribution in [1.29, 1.82) is 0 Å². The molecule has 3 heteroatoms. The molecule has 27 heavy (non-hydrogen) atoms. The molecule has 0 heterocycles. The molecule has 0 unspecified atom stereocenters. The van der Waals surface area contributed by atoms with Crippen molar-refractivity contribution >= 4 is 29.1 Å². The van der Waals surface area contributed by atoms with Crippen LogP contribution in [-0.2, 0) is 9.47 Å². The molecule has 0 bridgehead atoms. The standard InChI is InChI=1S/C6H9O2.3C6H5.Sn/c1-3-4-5-8-6-7-2;3*1-2-4-6-5-3-1;/h4-6H2,2H3;3*1-5H;. The summed E-state index contributed by atoms with van der Waals surface area (Å²) in [5.41, 5.74) is 0. The molecule has 0 fully saturated rings. The van der Waals surface area contributed by atoms with E-state index in [4.69, 9.17) is 9.47 Å². The van der Waals surface area contributed by atoms with Gasteiger partial charge in [0.1, 0.15) is 0 Å². The fourth-order valence-corrected chi connectivity index (χ4v) is 14.4. The van der Waals surface area contributed by atoms with Crippen LogP contribution in [0.2, 0.25) is 0 Å². The summed E-state index contributed by atoms with van der Waals surface area (Å²) in [5, 5.41) is 0. The van der Waals surface area contributed by atoms with E-state index in [2.05, 4.69) is 101 Å². The van der Waals surface area contributed by atoms with Gasteiger partial charge >= 0.3 is 166 Å². The van der Waals surface area contributed by atoms with Gasteiger partial charge in [-0.1, -0.05) is 0 Å². The molecule has 0 aliphatic carbocycles. The molecule has 0 aliphatic heterocycles. The van der Waals surface area contributed by atoms with Crippen LogP contribution in [0.15, 0.2) is 91.0 Å². The second kappa shape index (κ2) is 10.3. The Balaban J connectivity index is 2.10. The molecule has 0 saturated heterocycles. The number of benzene rings is 3. The quantitative estimate of drug-likeness (QED) is 0.232. The third kappa shape index (κ3) is 4.81. The second-order valence-corrected chi connectivity index (χ2v) is 16.2. The summed E-state index contributed by atoms with van der Waals surface area (Å²) in [5.74, 6) is 3.44. The summed E-state index contributed by atoms with van der Waals surface area (Å²) in [4.78, 5) is 0. The van der Waals surface area contributed by atoms with Crippen LogP contribution in [0.3, 0.4) is 0 Å². The Hall–Kier alpha value is -2.06. The van der Waals surface area contributed by atoms with Gasteiger partial charge in [0.25, 0.3) is 0 Å². The molecule has 0 spiro atoms. The monoisotopic (exact) mass is 464 g/mol. The first-order chi connectivity index (χ1) is 13.4. The third-order valence-corrected chi connectivity index (χ3v) is 16.3. The number of hydrogen-bond donors (Lipinski definition) is 0. The Labute approximate surface area is 166 Å². The van der Waals surface area contributed by atoms with E-state index in [0.29, 0.717) is 19.8 Å². The van der Waals surface area contributed by atoms with Gasteiger partial charge in [-0.3, -0.25) is 0 Å². The summed E-state index contributed by atoms with van der Waals surface area (Å²) in [6, 6.07) is 32.4. The van der Waals surface area contributed by atoms with E-state index in [1.165, 1.54) is 10.7 Å². The average Bonchev–Trinajstić information content (AvgIpc) is 2.75. The first kappa shape index (κ1) is 19.7. The second-order valence-electron chi connectivity index (χ2n) is 6.21. The topological polar surface area (TPSA) is 18.5 Å². The van der Waals surface area contributed by atoms with Crippen molar-refractivity contribution < 1.29 is 9.47 Å². The molecule has 0 amide bonds. The van der Waals surface area contributed by atoms with E-state index < -0.39 is 18.4 Å². The van der Waals surface area contributed by atoms with E-state index in [1.54, 1.807) is 7.11 Å². The number of methoxy groups -OCH3 is 1. The van der Waals surface area contributed by atoms with E-state index in [-0.39, 0.29) is 0 Å². The Morgan fingerprint density at radius 1 is 0.704 bits per heavy atom. The maximum absolute atomic E-state index is 5.41. The summed E-state index contributed by atoms with van der Waals surface area (Å²) >= 11 is -3.42. The van der Waals surface area contributed by atoms with Gasteiger partial charge in [0.2, 0.25) is 0 Å². The summed E-state index contributed by atoms with van der Waals surface area (Å²) < 4.78 is 18.3. The van der Waals surface area contributed by atoms with E-state index in [9.17, 15) is 0 Å². The van der Waals surface area contributed by atoms with Crippen molar-refractivity contribution in [3.05, 3.63) is 91.0 Å². The summed E-state index contributed by atoms with van der Waals surface area (Å²) in [6.07, 6.45) is 0.703. The molecular weight excluding hydrogens is 439 g/mol. The molecular formula is C24H24O2Sn. The van der Waals surface area contributed by atoms with Crippen LogP contribution in [0, 0.1) is 9.86 Å². The number of ether oxygens (including phenoxy) is 2. The van der Waals surface area contributed by atoms with Crippen molar-refractivity contribution in [3.8, 4) is 9.86 Å². The van der Waals surface area contributed by atoms with Crippen molar-refractivity contribution in [3.63, 3.8) is 0 Å². The predicted octanol–water partition coefficient (Wildman–Crippen LogP) is 2.71.